The standard InChI is InChI=1S/C17H21F3N2O3/c1-2-12(11-22-14(16(23)24)7-5-9-21)10-13-6-3-4-8-15(13)25-17(18,19)20/h3-4,6,8,10-11,14H,2,5,7,9,21H2,1H3,(H,23,24)/b12-10+,22-11?. The molecule has 1 aromatic carbocycles. The second-order valence-corrected chi connectivity index (χ2v) is 5.22. The van der Waals surface area contributed by atoms with E-state index in [0.29, 0.717) is 31.4 Å². The number of allylic oxidation sites excluding steroid dienone is 1. The zero-order valence-corrected chi connectivity index (χ0v) is 13.8. The number of carbonyl (C=O) groups is 1. The van der Waals surface area contributed by atoms with Crippen LogP contribution in [0.2, 0.25) is 0 Å². The predicted molar refractivity (Wildman–Crippen MR) is 89.6 cm³/mol. The van der Waals surface area contributed by atoms with Crippen molar-refractivity contribution < 1.29 is 27.8 Å². The molecule has 1 aromatic rings. The number of aliphatic imine (C=N–C) groups is 1. The Hall–Kier alpha value is -2.35. The number of hydrogen-bond acceptors (Lipinski definition) is 4. The lowest BCUT2D eigenvalue weighted by Gasteiger charge is -2.12. The largest absolute Gasteiger partial charge is 0.573 e. The monoisotopic (exact) mass is 358 g/mol. The van der Waals surface area contributed by atoms with E-state index in [1.54, 1.807) is 13.0 Å². The van der Waals surface area contributed by atoms with Crippen molar-refractivity contribution >= 4 is 18.3 Å². The highest BCUT2D eigenvalue weighted by atomic mass is 19.4. The summed E-state index contributed by atoms with van der Waals surface area (Å²) in [7, 11) is 0. The molecule has 8 heteroatoms. The number of carboxylic acids is 1. The predicted octanol–water partition coefficient (Wildman–Crippen LogP) is 3.64. The third-order valence-electron chi connectivity index (χ3n) is 3.28. The maximum Gasteiger partial charge on any atom is 0.573 e. The Morgan fingerprint density at radius 3 is 2.64 bits per heavy atom. The van der Waals surface area contributed by atoms with Crippen molar-refractivity contribution in [2.75, 3.05) is 6.54 Å². The minimum absolute atomic E-state index is 0.233. The van der Waals surface area contributed by atoms with E-state index in [0.717, 1.165) is 0 Å². The molecule has 3 N–H and O–H groups in total. The van der Waals surface area contributed by atoms with E-state index in [9.17, 15) is 18.0 Å². The fourth-order valence-corrected chi connectivity index (χ4v) is 2.01. The van der Waals surface area contributed by atoms with Crippen LogP contribution in [0.4, 0.5) is 13.2 Å². The molecule has 0 aliphatic heterocycles. The first-order valence-corrected chi connectivity index (χ1v) is 7.78. The van der Waals surface area contributed by atoms with Crippen molar-refractivity contribution in [1.29, 1.82) is 0 Å². The SMILES string of the molecule is CC/C(C=NC(CCCN)C(=O)O)=C\c1ccccc1OC(F)(F)F. The molecular formula is C17H21F3N2O3. The van der Waals surface area contributed by atoms with Crippen LogP contribution in [-0.4, -0.2) is 36.2 Å². The molecule has 0 radical (unpaired) electrons. The van der Waals surface area contributed by atoms with E-state index in [-0.39, 0.29) is 11.3 Å². The fraction of sp³-hybridized carbons (Fsp3) is 0.412. The minimum Gasteiger partial charge on any atom is -0.480 e. The molecular weight excluding hydrogens is 337 g/mol. The Kier molecular flexibility index (Phi) is 8.13. The van der Waals surface area contributed by atoms with E-state index in [4.69, 9.17) is 10.8 Å². The van der Waals surface area contributed by atoms with Crippen molar-refractivity contribution in [3.63, 3.8) is 0 Å². The molecule has 1 atom stereocenters. The zero-order chi connectivity index (χ0) is 18.9. The molecule has 0 saturated carbocycles. The summed E-state index contributed by atoms with van der Waals surface area (Å²) >= 11 is 0. The molecule has 0 saturated heterocycles. The summed E-state index contributed by atoms with van der Waals surface area (Å²) in [5, 5.41) is 9.13. The van der Waals surface area contributed by atoms with Gasteiger partial charge in [-0.3, -0.25) is 4.99 Å². The molecule has 0 aromatic heterocycles. The normalized spacial score (nSPS) is 13.9. The van der Waals surface area contributed by atoms with E-state index in [1.807, 2.05) is 0 Å². The van der Waals surface area contributed by atoms with Crippen LogP contribution in [0.25, 0.3) is 6.08 Å². The van der Waals surface area contributed by atoms with Crippen LogP contribution >= 0.6 is 0 Å². The summed E-state index contributed by atoms with van der Waals surface area (Å²) in [6.45, 7) is 2.15. The van der Waals surface area contributed by atoms with Gasteiger partial charge in [0.1, 0.15) is 11.8 Å². The number of carboxylic acid groups (broad SMARTS) is 1. The topological polar surface area (TPSA) is 84.9 Å². The van der Waals surface area contributed by atoms with Gasteiger partial charge in [-0.2, -0.15) is 0 Å². The first-order valence-electron chi connectivity index (χ1n) is 7.78. The molecule has 0 aliphatic rings. The summed E-state index contributed by atoms with van der Waals surface area (Å²) in [4.78, 5) is 15.2. The van der Waals surface area contributed by atoms with E-state index in [1.165, 1.54) is 30.5 Å². The van der Waals surface area contributed by atoms with Crippen LogP contribution in [0.15, 0.2) is 34.8 Å². The second kappa shape index (κ2) is 9.83. The van der Waals surface area contributed by atoms with Crippen LogP contribution in [0.1, 0.15) is 31.7 Å². The van der Waals surface area contributed by atoms with Gasteiger partial charge in [-0.05, 0) is 43.5 Å². The molecule has 0 fully saturated rings. The van der Waals surface area contributed by atoms with E-state index in [2.05, 4.69) is 9.73 Å². The number of alkyl halides is 3. The number of aliphatic carboxylic acids is 1. The Bertz CT molecular complexity index is 628. The number of halogens is 3. The van der Waals surface area contributed by atoms with Crippen LogP contribution in [0, 0.1) is 0 Å². The maximum atomic E-state index is 12.5. The summed E-state index contributed by atoms with van der Waals surface area (Å²) in [6.07, 6.45) is -0.644. The van der Waals surface area contributed by atoms with Gasteiger partial charge in [0, 0.05) is 11.8 Å². The van der Waals surface area contributed by atoms with Gasteiger partial charge >= 0.3 is 12.3 Å². The van der Waals surface area contributed by atoms with Gasteiger partial charge < -0.3 is 15.6 Å². The molecule has 0 bridgehead atoms. The molecule has 138 valence electrons. The van der Waals surface area contributed by atoms with Crippen LogP contribution in [0.3, 0.4) is 0 Å². The third-order valence-corrected chi connectivity index (χ3v) is 3.28. The van der Waals surface area contributed by atoms with Gasteiger partial charge in [0.15, 0.2) is 0 Å². The average molecular weight is 358 g/mol. The number of hydrogen-bond donors (Lipinski definition) is 2. The molecule has 25 heavy (non-hydrogen) atoms. The summed E-state index contributed by atoms with van der Waals surface area (Å²) in [5.41, 5.74) is 6.18. The third kappa shape index (κ3) is 7.84. The Morgan fingerprint density at radius 2 is 2.08 bits per heavy atom. The van der Waals surface area contributed by atoms with Crippen molar-refractivity contribution in [2.45, 2.75) is 38.6 Å². The number of nitrogens with two attached hydrogens (primary N) is 1. The molecule has 0 amide bonds. The molecule has 0 spiro atoms. The Morgan fingerprint density at radius 1 is 1.40 bits per heavy atom. The van der Waals surface area contributed by atoms with E-state index < -0.39 is 18.4 Å². The zero-order valence-electron chi connectivity index (χ0n) is 13.8. The van der Waals surface area contributed by atoms with Crippen LogP contribution < -0.4 is 10.5 Å². The fourth-order valence-electron chi connectivity index (χ4n) is 2.01. The summed E-state index contributed by atoms with van der Waals surface area (Å²) in [6, 6.07) is 4.78. The smallest absolute Gasteiger partial charge is 0.480 e. The van der Waals surface area contributed by atoms with Gasteiger partial charge in [-0.15, -0.1) is 13.2 Å². The van der Waals surface area contributed by atoms with Crippen LogP contribution in [0.5, 0.6) is 5.75 Å². The first kappa shape index (κ1) is 20.7. The number of ether oxygens (including phenoxy) is 1. The van der Waals surface area contributed by atoms with Crippen molar-refractivity contribution in [1.82, 2.24) is 0 Å². The van der Waals surface area contributed by atoms with Crippen molar-refractivity contribution in [3.8, 4) is 5.75 Å². The molecule has 0 heterocycles. The highest BCUT2D eigenvalue weighted by Crippen LogP contribution is 2.28. The minimum atomic E-state index is -4.79. The van der Waals surface area contributed by atoms with Crippen LogP contribution in [-0.2, 0) is 4.79 Å². The number of benzene rings is 1. The summed E-state index contributed by atoms with van der Waals surface area (Å²) < 4.78 is 41.4. The van der Waals surface area contributed by atoms with E-state index >= 15 is 0 Å². The lowest BCUT2D eigenvalue weighted by molar-refractivity contribution is -0.274. The lowest BCUT2D eigenvalue weighted by atomic mass is 10.1. The highest BCUT2D eigenvalue weighted by Gasteiger charge is 2.31. The number of rotatable bonds is 9. The second-order valence-electron chi connectivity index (χ2n) is 5.22. The van der Waals surface area contributed by atoms with Gasteiger partial charge in [0.05, 0.1) is 0 Å². The molecule has 1 rings (SSSR count). The maximum absolute atomic E-state index is 12.5. The molecule has 0 aliphatic carbocycles. The average Bonchev–Trinajstić information content (AvgIpc) is 2.53. The Labute approximate surface area is 144 Å². The highest BCUT2D eigenvalue weighted by molar-refractivity contribution is 5.88. The molecule has 1 unspecified atom stereocenters. The number of para-hydroxylation sites is 1. The van der Waals surface area contributed by atoms with Crippen molar-refractivity contribution in [3.05, 3.63) is 35.4 Å². The lowest BCUT2D eigenvalue weighted by Crippen LogP contribution is -2.19. The van der Waals surface area contributed by atoms with Gasteiger partial charge in [0.2, 0.25) is 0 Å². The first-order chi connectivity index (χ1) is 11.8. The molecule has 5 nitrogen and oxygen atoms in total. The number of nitrogens with zero attached hydrogens (tertiary/aromatic N) is 1. The summed E-state index contributed by atoms with van der Waals surface area (Å²) in [5.74, 6) is -1.40. The van der Waals surface area contributed by atoms with Crippen molar-refractivity contribution in [2.24, 2.45) is 10.7 Å². The quantitative estimate of drug-likeness (QED) is 0.660. The van der Waals surface area contributed by atoms with Gasteiger partial charge in [-0.25, -0.2) is 4.79 Å². The van der Waals surface area contributed by atoms with Gasteiger partial charge in [0.25, 0.3) is 0 Å². The van der Waals surface area contributed by atoms with Gasteiger partial charge in [-0.1, -0.05) is 25.1 Å². The Balaban J connectivity index is 3.03.